The molecule has 1 aromatic rings. The second-order valence-corrected chi connectivity index (χ2v) is 4.76. The third-order valence-corrected chi connectivity index (χ3v) is 2.61. The average molecular weight is 286 g/mol. The lowest BCUT2D eigenvalue weighted by Gasteiger charge is -2.13. The van der Waals surface area contributed by atoms with Crippen molar-refractivity contribution in [2.75, 3.05) is 27.2 Å². The first-order valence-corrected chi connectivity index (χ1v) is 5.88. The van der Waals surface area contributed by atoms with Crippen LogP contribution < -0.4 is 4.74 Å². The molecule has 1 aromatic carbocycles. The summed E-state index contributed by atoms with van der Waals surface area (Å²) in [5, 5.41) is 0. The summed E-state index contributed by atoms with van der Waals surface area (Å²) in [5.74, 6) is 0.663. The quantitative estimate of drug-likeness (QED) is 0.779. The summed E-state index contributed by atoms with van der Waals surface area (Å²) in [4.78, 5) is 13.4. The van der Waals surface area contributed by atoms with Gasteiger partial charge in [-0.1, -0.05) is 15.9 Å². The molecule has 0 aromatic heterocycles. The Balaban J connectivity index is 2.76. The van der Waals surface area contributed by atoms with Crippen LogP contribution in [0.1, 0.15) is 17.3 Å². The van der Waals surface area contributed by atoms with E-state index in [0.717, 1.165) is 11.0 Å². The standard InChI is InChI=1S/C12H16BrNO2/c1-9(15)11-5-4-10(13)8-12(11)16-7-6-14(2)3/h4-5,8H,6-7H2,1-3H3. The number of rotatable bonds is 5. The van der Waals surface area contributed by atoms with Gasteiger partial charge in [-0.25, -0.2) is 0 Å². The lowest BCUT2D eigenvalue weighted by Crippen LogP contribution is -2.20. The number of nitrogens with zero attached hydrogens (tertiary/aromatic N) is 1. The van der Waals surface area contributed by atoms with Crippen LogP contribution in [0, 0.1) is 0 Å². The Morgan fingerprint density at radius 3 is 2.69 bits per heavy atom. The van der Waals surface area contributed by atoms with Crippen LogP contribution in [0.5, 0.6) is 5.75 Å². The number of ether oxygens (including phenoxy) is 1. The van der Waals surface area contributed by atoms with E-state index in [9.17, 15) is 4.79 Å². The fraction of sp³-hybridized carbons (Fsp3) is 0.417. The minimum Gasteiger partial charge on any atom is -0.491 e. The predicted octanol–water partition coefficient (Wildman–Crippen LogP) is 2.59. The van der Waals surface area contributed by atoms with Gasteiger partial charge in [-0.15, -0.1) is 0 Å². The molecule has 16 heavy (non-hydrogen) atoms. The van der Waals surface area contributed by atoms with Crippen molar-refractivity contribution in [1.29, 1.82) is 0 Å². The number of carbonyl (C=O) groups excluding carboxylic acids is 1. The van der Waals surface area contributed by atoms with E-state index in [2.05, 4.69) is 15.9 Å². The van der Waals surface area contributed by atoms with E-state index in [4.69, 9.17) is 4.74 Å². The van der Waals surface area contributed by atoms with Gasteiger partial charge >= 0.3 is 0 Å². The van der Waals surface area contributed by atoms with Crippen LogP contribution in [-0.2, 0) is 0 Å². The monoisotopic (exact) mass is 285 g/mol. The first-order chi connectivity index (χ1) is 7.50. The molecule has 0 saturated heterocycles. The normalized spacial score (nSPS) is 10.6. The number of halogens is 1. The van der Waals surface area contributed by atoms with E-state index >= 15 is 0 Å². The summed E-state index contributed by atoms with van der Waals surface area (Å²) in [7, 11) is 3.96. The second kappa shape index (κ2) is 6.01. The number of Topliss-reactive ketones (excluding diaryl/α,β-unsaturated/α-hetero) is 1. The molecule has 0 N–H and O–H groups in total. The van der Waals surface area contributed by atoms with Crippen LogP contribution in [0.4, 0.5) is 0 Å². The second-order valence-electron chi connectivity index (χ2n) is 3.85. The van der Waals surface area contributed by atoms with Gasteiger partial charge in [0.2, 0.25) is 0 Å². The van der Waals surface area contributed by atoms with E-state index in [1.165, 1.54) is 0 Å². The molecule has 4 heteroatoms. The fourth-order valence-electron chi connectivity index (χ4n) is 1.24. The lowest BCUT2D eigenvalue weighted by atomic mass is 10.1. The van der Waals surface area contributed by atoms with Crippen LogP contribution in [0.3, 0.4) is 0 Å². The Bertz CT molecular complexity index is 377. The van der Waals surface area contributed by atoms with E-state index < -0.39 is 0 Å². The van der Waals surface area contributed by atoms with Gasteiger partial charge in [-0.3, -0.25) is 4.79 Å². The topological polar surface area (TPSA) is 29.5 Å². The Kier molecular flexibility index (Phi) is 4.96. The largest absolute Gasteiger partial charge is 0.491 e. The van der Waals surface area contributed by atoms with Crippen molar-refractivity contribution in [3.05, 3.63) is 28.2 Å². The van der Waals surface area contributed by atoms with Gasteiger partial charge in [0.05, 0.1) is 5.56 Å². The zero-order chi connectivity index (χ0) is 12.1. The number of likely N-dealkylation sites (N-methyl/N-ethyl adjacent to an activating group) is 1. The molecule has 0 radical (unpaired) electrons. The van der Waals surface area contributed by atoms with E-state index in [0.29, 0.717) is 17.9 Å². The van der Waals surface area contributed by atoms with Crippen LogP contribution >= 0.6 is 15.9 Å². The number of hydrogen-bond donors (Lipinski definition) is 0. The smallest absolute Gasteiger partial charge is 0.163 e. The van der Waals surface area contributed by atoms with Crippen molar-refractivity contribution in [3.63, 3.8) is 0 Å². The minimum absolute atomic E-state index is 0.0207. The molecule has 88 valence electrons. The van der Waals surface area contributed by atoms with Crippen molar-refractivity contribution < 1.29 is 9.53 Å². The molecular formula is C12H16BrNO2. The number of carbonyl (C=O) groups is 1. The molecule has 0 spiro atoms. The van der Waals surface area contributed by atoms with Crippen LogP contribution in [0.2, 0.25) is 0 Å². The van der Waals surface area contributed by atoms with Crippen LogP contribution in [0.25, 0.3) is 0 Å². The molecule has 0 amide bonds. The van der Waals surface area contributed by atoms with Gasteiger partial charge in [-0.05, 0) is 39.2 Å². The highest BCUT2D eigenvalue weighted by atomic mass is 79.9. The van der Waals surface area contributed by atoms with Gasteiger partial charge in [0.25, 0.3) is 0 Å². The van der Waals surface area contributed by atoms with Crippen molar-refractivity contribution in [2.24, 2.45) is 0 Å². The van der Waals surface area contributed by atoms with Gasteiger partial charge < -0.3 is 9.64 Å². The van der Waals surface area contributed by atoms with E-state index in [1.54, 1.807) is 13.0 Å². The van der Waals surface area contributed by atoms with Crippen molar-refractivity contribution in [1.82, 2.24) is 4.90 Å². The SMILES string of the molecule is CC(=O)c1ccc(Br)cc1OCCN(C)C. The molecule has 3 nitrogen and oxygen atoms in total. The highest BCUT2D eigenvalue weighted by Crippen LogP contribution is 2.24. The maximum absolute atomic E-state index is 11.4. The lowest BCUT2D eigenvalue weighted by molar-refractivity contribution is 0.101. The first-order valence-electron chi connectivity index (χ1n) is 5.08. The Hall–Kier alpha value is -0.870. The number of hydrogen-bond acceptors (Lipinski definition) is 3. The summed E-state index contributed by atoms with van der Waals surface area (Å²) in [6, 6.07) is 5.44. The maximum Gasteiger partial charge on any atom is 0.163 e. The third-order valence-electron chi connectivity index (χ3n) is 2.12. The van der Waals surface area contributed by atoms with Gasteiger partial charge in [0.1, 0.15) is 12.4 Å². The van der Waals surface area contributed by atoms with E-state index in [-0.39, 0.29) is 5.78 Å². The molecular weight excluding hydrogens is 270 g/mol. The van der Waals surface area contributed by atoms with Crippen molar-refractivity contribution in [3.8, 4) is 5.75 Å². The average Bonchev–Trinajstić information content (AvgIpc) is 2.16. The molecule has 1 rings (SSSR count). The molecule has 0 bridgehead atoms. The van der Waals surface area contributed by atoms with Crippen LogP contribution in [-0.4, -0.2) is 37.9 Å². The summed E-state index contributed by atoms with van der Waals surface area (Å²) in [5.41, 5.74) is 0.627. The summed E-state index contributed by atoms with van der Waals surface area (Å²) < 4.78 is 6.51. The van der Waals surface area contributed by atoms with Gasteiger partial charge in [0, 0.05) is 11.0 Å². The van der Waals surface area contributed by atoms with Crippen molar-refractivity contribution in [2.45, 2.75) is 6.92 Å². The number of ketones is 1. The Morgan fingerprint density at radius 1 is 1.44 bits per heavy atom. The number of benzene rings is 1. The Morgan fingerprint density at radius 2 is 2.12 bits per heavy atom. The summed E-state index contributed by atoms with van der Waals surface area (Å²) in [6.07, 6.45) is 0. The molecule has 0 atom stereocenters. The zero-order valence-corrected chi connectivity index (χ0v) is 11.4. The van der Waals surface area contributed by atoms with Gasteiger partial charge in [0.15, 0.2) is 5.78 Å². The molecule has 0 unspecified atom stereocenters. The maximum atomic E-state index is 11.4. The van der Waals surface area contributed by atoms with Crippen molar-refractivity contribution >= 4 is 21.7 Å². The van der Waals surface area contributed by atoms with E-state index in [1.807, 2.05) is 31.1 Å². The molecule has 0 fully saturated rings. The zero-order valence-electron chi connectivity index (χ0n) is 9.79. The highest BCUT2D eigenvalue weighted by Gasteiger charge is 2.08. The summed E-state index contributed by atoms with van der Waals surface area (Å²) in [6.45, 7) is 2.94. The summed E-state index contributed by atoms with van der Waals surface area (Å²) >= 11 is 3.36. The first kappa shape index (κ1) is 13.2. The third kappa shape index (κ3) is 3.94. The molecule has 0 aliphatic rings. The molecule has 0 aliphatic heterocycles. The predicted molar refractivity (Wildman–Crippen MR) is 68.2 cm³/mol. The highest BCUT2D eigenvalue weighted by molar-refractivity contribution is 9.10. The Labute approximate surface area is 105 Å². The minimum atomic E-state index is 0.0207. The molecule has 0 aliphatic carbocycles. The van der Waals surface area contributed by atoms with Gasteiger partial charge in [-0.2, -0.15) is 0 Å². The van der Waals surface area contributed by atoms with Crippen LogP contribution in [0.15, 0.2) is 22.7 Å². The molecule has 0 saturated carbocycles. The molecule has 0 heterocycles. The fourth-order valence-corrected chi connectivity index (χ4v) is 1.58.